The quantitative estimate of drug-likeness (QED) is 0.670. The summed E-state index contributed by atoms with van der Waals surface area (Å²) < 4.78 is 1.48. The summed E-state index contributed by atoms with van der Waals surface area (Å²) in [4.78, 5) is 38.9. The minimum Gasteiger partial charge on any atom is -0.321 e. The van der Waals surface area contributed by atoms with Crippen molar-refractivity contribution in [1.82, 2.24) is 24.5 Å². The Morgan fingerprint density at radius 1 is 1.10 bits per heavy atom. The van der Waals surface area contributed by atoms with Crippen molar-refractivity contribution in [3.63, 3.8) is 0 Å². The maximum atomic E-state index is 13.6. The van der Waals surface area contributed by atoms with Gasteiger partial charge in [0.15, 0.2) is 0 Å². The molecule has 5 rings (SSSR count). The summed E-state index contributed by atoms with van der Waals surface area (Å²) in [5.74, 6) is 0.165. The lowest BCUT2D eigenvalue weighted by molar-refractivity contribution is -0.130. The van der Waals surface area contributed by atoms with Gasteiger partial charge in [0.1, 0.15) is 5.54 Å². The number of aryl methyl sites for hydroxylation is 1. The van der Waals surface area contributed by atoms with Gasteiger partial charge in [-0.3, -0.25) is 9.59 Å². The lowest BCUT2D eigenvalue weighted by Crippen LogP contribution is -2.61. The minimum atomic E-state index is -0.814. The van der Waals surface area contributed by atoms with Gasteiger partial charge in [-0.2, -0.15) is 4.98 Å². The Balaban J connectivity index is 1.48. The van der Waals surface area contributed by atoms with E-state index in [1.165, 1.54) is 4.52 Å². The van der Waals surface area contributed by atoms with Gasteiger partial charge in [-0.25, -0.2) is 9.50 Å². The Morgan fingerprint density at radius 2 is 1.86 bits per heavy atom. The van der Waals surface area contributed by atoms with E-state index >= 15 is 0 Å². The van der Waals surface area contributed by atoms with Crippen molar-refractivity contribution >= 4 is 23.3 Å². The molecule has 2 aliphatic rings. The van der Waals surface area contributed by atoms with Gasteiger partial charge in [0.05, 0.1) is 0 Å². The van der Waals surface area contributed by atoms with Crippen LogP contribution in [0.2, 0.25) is 0 Å². The molecule has 1 unspecified atom stereocenters. The first kappa shape index (κ1) is 17.8. The van der Waals surface area contributed by atoms with Crippen molar-refractivity contribution in [3.8, 4) is 0 Å². The number of carbonyl (C=O) groups excluding carboxylic acids is 2. The number of hydrogen-bond acceptors (Lipinski definition) is 5. The van der Waals surface area contributed by atoms with Crippen LogP contribution in [-0.2, 0) is 4.79 Å². The number of likely N-dealkylation sites (tertiary alicyclic amines) is 1. The molecular formula is C21H22N6O2. The predicted octanol–water partition coefficient (Wildman–Crippen LogP) is 2.23. The van der Waals surface area contributed by atoms with E-state index < -0.39 is 5.54 Å². The smallest absolute Gasteiger partial charge is 0.294 e. The summed E-state index contributed by atoms with van der Waals surface area (Å²) in [5.41, 5.74) is 1.22. The molecule has 1 atom stereocenters. The fourth-order valence-electron chi connectivity index (χ4n) is 4.56. The molecule has 3 aromatic rings. The van der Waals surface area contributed by atoms with Gasteiger partial charge >= 0.3 is 0 Å². The predicted molar refractivity (Wildman–Crippen MR) is 107 cm³/mol. The Kier molecular flexibility index (Phi) is 4.08. The fraction of sp³-hybridized carbons (Fsp3) is 0.381. The van der Waals surface area contributed by atoms with E-state index in [4.69, 9.17) is 0 Å². The molecule has 2 aliphatic heterocycles. The number of fused-ring (bicyclic) bond motifs is 1. The van der Waals surface area contributed by atoms with E-state index in [2.05, 4.69) is 15.1 Å². The number of rotatable bonds is 2. The molecule has 8 nitrogen and oxygen atoms in total. The topological polar surface area (TPSA) is 83.7 Å². The zero-order chi connectivity index (χ0) is 20.0. The summed E-state index contributed by atoms with van der Waals surface area (Å²) in [7, 11) is 0. The van der Waals surface area contributed by atoms with Crippen molar-refractivity contribution in [1.29, 1.82) is 0 Å². The molecule has 29 heavy (non-hydrogen) atoms. The second-order valence-electron chi connectivity index (χ2n) is 7.79. The first-order valence-corrected chi connectivity index (χ1v) is 9.96. The summed E-state index contributed by atoms with van der Waals surface area (Å²) in [6.45, 7) is 3.23. The zero-order valence-electron chi connectivity index (χ0n) is 16.3. The van der Waals surface area contributed by atoms with Crippen LogP contribution in [0, 0.1) is 6.92 Å². The Bertz CT molecular complexity index is 1060. The molecule has 0 bridgehead atoms. The van der Waals surface area contributed by atoms with Crippen molar-refractivity contribution in [2.24, 2.45) is 0 Å². The van der Waals surface area contributed by atoms with Crippen molar-refractivity contribution in [2.45, 2.75) is 38.1 Å². The van der Waals surface area contributed by atoms with Crippen LogP contribution in [0.3, 0.4) is 0 Å². The van der Waals surface area contributed by atoms with Gasteiger partial charge in [-0.1, -0.05) is 17.7 Å². The lowest BCUT2D eigenvalue weighted by atomic mass is 9.85. The first-order chi connectivity index (χ1) is 14.1. The largest absolute Gasteiger partial charge is 0.321 e. The first-order valence-electron chi connectivity index (χ1n) is 9.96. The molecule has 2 saturated heterocycles. The molecule has 2 aromatic heterocycles. The van der Waals surface area contributed by atoms with E-state index in [0.29, 0.717) is 31.7 Å². The lowest BCUT2D eigenvalue weighted by Gasteiger charge is -2.44. The monoisotopic (exact) mass is 390 g/mol. The van der Waals surface area contributed by atoms with Gasteiger partial charge in [-0.15, -0.1) is 5.10 Å². The molecule has 8 heteroatoms. The van der Waals surface area contributed by atoms with E-state index in [9.17, 15) is 9.59 Å². The zero-order valence-corrected chi connectivity index (χ0v) is 16.3. The maximum Gasteiger partial charge on any atom is 0.294 e. The summed E-state index contributed by atoms with van der Waals surface area (Å²) in [5, 5.41) is 4.27. The van der Waals surface area contributed by atoms with Crippen molar-refractivity contribution < 1.29 is 9.59 Å². The fourth-order valence-corrected chi connectivity index (χ4v) is 4.56. The van der Waals surface area contributed by atoms with Crippen LogP contribution in [0.15, 0.2) is 42.7 Å². The molecule has 1 spiro atoms. The number of anilines is 1. The third kappa shape index (κ3) is 2.78. The number of nitrogens with zero attached hydrogens (tertiary/aromatic N) is 6. The summed E-state index contributed by atoms with van der Waals surface area (Å²) in [6.07, 6.45) is 6.31. The maximum absolute atomic E-state index is 13.6. The third-order valence-electron chi connectivity index (χ3n) is 6.00. The van der Waals surface area contributed by atoms with E-state index in [-0.39, 0.29) is 17.6 Å². The van der Waals surface area contributed by atoms with Gasteiger partial charge < -0.3 is 9.80 Å². The normalized spacial score (nSPS) is 22.0. The van der Waals surface area contributed by atoms with E-state index in [0.717, 1.165) is 24.1 Å². The molecule has 0 aliphatic carbocycles. The standard InChI is InChI=1S/C21H22N6O2/c1-15-5-7-16(8-6-15)25-12-2-9-21(19(25)29)10-3-13-26(21)18(28)17-23-20-22-11-4-14-27(20)24-17/h4-8,11,14H,2-3,9-10,12-13H2,1H3. The molecule has 0 saturated carbocycles. The van der Waals surface area contributed by atoms with Crippen LogP contribution in [0.4, 0.5) is 5.69 Å². The van der Waals surface area contributed by atoms with Gasteiger partial charge in [-0.05, 0) is 50.8 Å². The average molecular weight is 390 g/mol. The van der Waals surface area contributed by atoms with Crippen LogP contribution in [0.5, 0.6) is 0 Å². The molecular weight excluding hydrogens is 368 g/mol. The van der Waals surface area contributed by atoms with Crippen LogP contribution in [0.1, 0.15) is 41.9 Å². The number of hydrogen-bond donors (Lipinski definition) is 0. The molecule has 0 radical (unpaired) electrons. The minimum absolute atomic E-state index is 0.000317. The van der Waals surface area contributed by atoms with Gasteiger partial charge in [0.2, 0.25) is 5.82 Å². The molecule has 2 amide bonds. The van der Waals surface area contributed by atoms with Crippen LogP contribution in [-0.4, -0.2) is 54.9 Å². The number of carbonyl (C=O) groups is 2. The van der Waals surface area contributed by atoms with Gasteiger partial charge in [0.25, 0.3) is 17.6 Å². The summed E-state index contributed by atoms with van der Waals surface area (Å²) >= 11 is 0. The Hall–Kier alpha value is -3.29. The number of benzene rings is 1. The van der Waals surface area contributed by atoms with E-state index in [1.54, 1.807) is 23.4 Å². The number of piperidine rings is 1. The molecule has 4 heterocycles. The highest BCUT2D eigenvalue weighted by Crippen LogP contribution is 2.40. The molecule has 2 fully saturated rings. The Labute approximate surface area is 168 Å². The molecule has 1 aromatic carbocycles. The van der Waals surface area contributed by atoms with Crippen molar-refractivity contribution in [3.05, 3.63) is 54.1 Å². The molecule has 0 N–H and O–H groups in total. The highest BCUT2D eigenvalue weighted by molar-refractivity contribution is 6.05. The highest BCUT2D eigenvalue weighted by atomic mass is 16.2. The average Bonchev–Trinajstić information content (AvgIpc) is 3.35. The van der Waals surface area contributed by atoms with Crippen LogP contribution >= 0.6 is 0 Å². The van der Waals surface area contributed by atoms with Crippen LogP contribution in [0.25, 0.3) is 5.78 Å². The van der Waals surface area contributed by atoms with Gasteiger partial charge in [0, 0.05) is 31.2 Å². The number of amides is 2. The number of aromatic nitrogens is 4. The third-order valence-corrected chi connectivity index (χ3v) is 6.00. The molecule has 148 valence electrons. The second-order valence-corrected chi connectivity index (χ2v) is 7.79. The van der Waals surface area contributed by atoms with E-state index in [1.807, 2.05) is 36.1 Å². The van der Waals surface area contributed by atoms with Crippen LogP contribution < -0.4 is 4.90 Å². The summed E-state index contributed by atoms with van der Waals surface area (Å²) in [6, 6.07) is 9.70. The Morgan fingerprint density at radius 3 is 2.62 bits per heavy atom. The highest BCUT2D eigenvalue weighted by Gasteiger charge is 2.53. The SMILES string of the molecule is Cc1ccc(N2CCCC3(CCCN3C(=O)c3nc4ncccn4n3)C2=O)cc1. The second kappa shape index (κ2) is 6.65. The van der Waals surface area contributed by atoms with Crippen molar-refractivity contribution in [2.75, 3.05) is 18.0 Å².